The number of aryl methyl sites for hydroxylation is 3. The Balaban J connectivity index is 1.44. The van der Waals surface area contributed by atoms with Crippen molar-refractivity contribution in [3.63, 3.8) is 0 Å². The number of benzene rings is 2. The SMILES string of the molecule is Cc1cc(C)nc(Nc2cc(-c3ccc(N4CCN(C(C)C)CC4)cc3)cc3c2ncn3C)c1. The summed E-state index contributed by atoms with van der Waals surface area (Å²) in [6.07, 6.45) is 1.87. The lowest BCUT2D eigenvalue weighted by atomic mass is 10.0. The van der Waals surface area contributed by atoms with Crippen molar-refractivity contribution in [2.45, 2.75) is 33.7 Å². The molecule has 0 unspecified atom stereocenters. The fourth-order valence-electron chi connectivity index (χ4n) is 4.90. The summed E-state index contributed by atoms with van der Waals surface area (Å²) in [5, 5.41) is 3.53. The van der Waals surface area contributed by atoms with Gasteiger partial charge in [0.2, 0.25) is 0 Å². The average Bonchev–Trinajstić information content (AvgIpc) is 3.19. The number of hydrogen-bond donors (Lipinski definition) is 1. The van der Waals surface area contributed by atoms with Crippen LogP contribution in [0.4, 0.5) is 17.2 Å². The molecule has 1 N–H and O–H groups in total. The second-order valence-electron chi connectivity index (χ2n) is 9.71. The maximum absolute atomic E-state index is 4.67. The number of hydrogen-bond acceptors (Lipinski definition) is 5. The smallest absolute Gasteiger partial charge is 0.130 e. The van der Waals surface area contributed by atoms with Crippen LogP contribution in [0.5, 0.6) is 0 Å². The first kappa shape index (κ1) is 22.4. The molecule has 0 amide bonds. The molecule has 2 aromatic heterocycles. The molecule has 1 saturated heterocycles. The summed E-state index contributed by atoms with van der Waals surface area (Å²) in [5.41, 5.74) is 8.87. The third-order valence-electron chi connectivity index (χ3n) is 6.80. The number of anilines is 3. The van der Waals surface area contributed by atoms with Crippen LogP contribution >= 0.6 is 0 Å². The zero-order valence-electron chi connectivity index (χ0n) is 20.8. The van der Waals surface area contributed by atoms with Gasteiger partial charge in [-0.15, -0.1) is 0 Å². The maximum atomic E-state index is 4.67. The number of imidazole rings is 1. The van der Waals surface area contributed by atoms with Gasteiger partial charge in [-0.3, -0.25) is 4.90 Å². The molecule has 0 bridgehead atoms. The quantitative estimate of drug-likeness (QED) is 0.430. The normalized spacial score (nSPS) is 14.8. The van der Waals surface area contributed by atoms with E-state index in [0.29, 0.717) is 6.04 Å². The summed E-state index contributed by atoms with van der Waals surface area (Å²) >= 11 is 0. The minimum Gasteiger partial charge on any atom is -0.369 e. The van der Waals surface area contributed by atoms with E-state index >= 15 is 0 Å². The van der Waals surface area contributed by atoms with Gasteiger partial charge in [-0.1, -0.05) is 12.1 Å². The Morgan fingerprint density at radius 1 is 0.882 bits per heavy atom. The van der Waals surface area contributed by atoms with Crippen LogP contribution in [0.3, 0.4) is 0 Å². The first-order chi connectivity index (χ1) is 16.4. The lowest BCUT2D eigenvalue weighted by molar-refractivity contribution is 0.209. The van der Waals surface area contributed by atoms with Gasteiger partial charge in [-0.25, -0.2) is 9.97 Å². The van der Waals surface area contributed by atoms with E-state index in [2.05, 4.69) is 99.0 Å². The van der Waals surface area contributed by atoms with E-state index < -0.39 is 0 Å². The molecule has 0 spiro atoms. The Bertz CT molecular complexity index is 1280. The summed E-state index contributed by atoms with van der Waals surface area (Å²) < 4.78 is 2.07. The molecule has 176 valence electrons. The lowest BCUT2D eigenvalue weighted by Crippen LogP contribution is -2.48. The molecule has 1 aliphatic heterocycles. The highest BCUT2D eigenvalue weighted by molar-refractivity contribution is 5.94. The highest BCUT2D eigenvalue weighted by Crippen LogP contribution is 2.33. The lowest BCUT2D eigenvalue weighted by Gasteiger charge is -2.38. The van der Waals surface area contributed by atoms with E-state index in [9.17, 15) is 0 Å². The summed E-state index contributed by atoms with van der Waals surface area (Å²) in [6, 6.07) is 18.2. The number of rotatable bonds is 5. The molecular formula is C28H34N6. The van der Waals surface area contributed by atoms with Crippen molar-refractivity contribution >= 4 is 28.2 Å². The van der Waals surface area contributed by atoms with E-state index in [4.69, 9.17) is 0 Å². The van der Waals surface area contributed by atoms with E-state index in [-0.39, 0.29) is 0 Å². The largest absolute Gasteiger partial charge is 0.369 e. The molecule has 0 atom stereocenters. The molecular weight excluding hydrogens is 420 g/mol. The molecule has 34 heavy (non-hydrogen) atoms. The van der Waals surface area contributed by atoms with E-state index in [1.807, 2.05) is 20.3 Å². The highest BCUT2D eigenvalue weighted by atomic mass is 15.3. The average molecular weight is 455 g/mol. The molecule has 1 fully saturated rings. The first-order valence-electron chi connectivity index (χ1n) is 12.1. The minimum absolute atomic E-state index is 0.619. The van der Waals surface area contributed by atoms with E-state index in [1.54, 1.807) is 0 Å². The second-order valence-corrected chi connectivity index (χ2v) is 9.71. The summed E-state index contributed by atoms with van der Waals surface area (Å²) in [6.45, 7) is 13.1. The van der Waals surface area contributed by atoms with E-state index in [0.717, 1.165) is 54.4 Å². The Kier molecular flexibility index (Phi) is 6.00. The molecule has 0 radical (unpaired) electrons. The van der Waals surface area contributed by atoms with Crippen molar-refractivity contribution in [2.75, 3.05) is 36.4 Å². The summed E-state index contributed by atoms with van der Waals surface area (Å²) in [5.74, 6) is 0.845. The fourth-order valence-corrected chi connectivity index (χ4v) is 4.90. The summed E-state index contributed by atoms with van der Waals surface area (Å²) in [7, 11) is 2.04. The number of aromatic nitrogens is 3. The Hall–Kier alpha value is -3.38. The topological polar surface area (TPSA) is 49.2 Å². The van der Waals surface area contributed by atoms with Gasteiger partial charge in [0.25, 0.3) is 0 Å². The van der Waals surface area contributed by atoms with Crippen LogP contribution < -0.4 is 10.2 Å². The van der Waals surface area contributed by atoms with Crippen molar-refractivity contribution in [1.29, 1.82) is 0 Å². The van der Waals surface area contributed by atoms with Gasteiger partial charge < -0.3 is 14.8 Å². The van der Waals surface area contributed by atoms with Crippen LogP contribution in [0.1, 0.15) is 25.1 Å². The second kappa shape index (κ2) is 9.11. The molecule has 2 aromatic carbocycles. The van der Waals surface area contributed by atoms with Gasteiger partial charge in [-0.05, 0) is 80.8 Å². The maximum Gasteiger partial charge on any atom is 0.130 e. The van der Waals surface area contributed by atoms with Gasteiger partial charge in [0.1, 0.15) is 11.3 Å². The van der Waals surface area contributed by atoms with Crippen LogP contribution in [0, 0.1) is 13.8 Å². The predicted molar refractivity (Wildman–Crippen MR) is 142 cm³/mol. The highest BCUT2D eigenvalue weighted by Gasteiger charge is 2.19. The first-order valence-corrected chi connectivity index (χ1v) is 12.1. The standard InChI is InChI=1S/C28H34N6/c1-19(2)33-10-12-34(13-11-33)24-8-6-22(7-9-24)23-16-25(28-26(17-23)32(5)18-29-28)31-27-15-20(3)14-21(4)30-27/h6-9,14-19H,10-13H2,1-5H3,(H,30,31). The van der Waals surface area contributed by atoms with Crippen LogP contribution in [0.15, 0.2) is 54.9 Å². The molecule has 1 aliphatic rings. The van der Waals surface area contributed by atoms with Crippen molar-refractivity contribution in [2.24, 2.45) is 7.05 Å². The number of nitrogens with one attached hydrogen (secondary N) is 1. The fraction of sp³-hybridized carbons (Fsp3) is 0.357. The molecule has 3 heterocycles. The van der Waals surface area contributed by atoms with Crippen molar-refractivity contribution in [1.82, 2.24) is 19.4 Å². The third kappa shape index (κ3) is 4.50. The number of fused-ring (bicyclic) bond motifs is 1. The van der Waals surface area contributed by atoms with Gasteiger partial charge in [0, 0.05) is 50.6 Å². The van der Waals surface area contributed by atoms with Crippen LogP contribution in [-0.2, 0) is 7.05 Å². The monoisotopic (exact) mass is 454 g/mol. The Labute approximate surface area is 202 Å². The predicted octanol–water partition coefficient (Wildman–Crippen LogP) is 5.53. The number of piperazine rings is 1. The van der Waals surface area contributed by atoms with Gasteiger partial charge in [-0.2, -0.15) is 0 Å². The molecule has 0 saturated carbocycles. The molecule has 5 rings (SSSR count). The zero-order chi connectivity index (χ0) is 23.8. The minimum atomic E-state index is 0.619. The molecule has 6 nitrogen and oxygen atoms in total. The van der Waals surface area contributed by atoms with Crippen molar-refractivity contribution in [3.05, 3.63) is 66.1 Å². The van der Waals surface area contributed by atoms with Crippen LogP contribution in [0.2, 0.25) is 0 Å². The Morgan fingerprint density at radius 3 is 2.29 bits per heavy atom. The van der Waals surface area contributed by atoms with E-state index in [1.165, 1.54) is 22.4 Å². The molecule has 0 aliphatic carbocycles. The third-order valence-corrected chi connectivity index (χ3v) is 6.80. The van der Waals surface area contributed by atoms with Crippen LogP contribution in [-0.4, -0.2) is 51.7 Å². The number of pyridine rings is 1. The molecule has 4 aromatic rings. The zero-order valence-corrected chi connectivity index (χ0v) is 20.8. The van der Waals surface area contributed by atoms with Gasteiger partial charge in [0.15, 0.2) is 0 Å². The summed E-state index contributed by atoms with van der Waals surface area (Å²) in [4.78, 5) is 14.4. The van der Waals surface area contributed by atoms with Gasteiger partial charge >= 0.3 is 0 Å². The molecule has 6 heteroatoms. The Morgan fingerprint density at radius 2 is 1.62 bits per heavy atom. The van der Waals surface area contributed by atoms with Crippen molar-refractivity contribution in [3.8, 4) is 11.1 Å². The van der Waals surface area contributed by atoms with Gasteiger partial charge in [0.05, 0.1) is 17.5 Å². The van der Waals surface area contributed by atoms with Crippen molar-refractivity contribution < 1.29 is 0 Å². The number of nitrogens with zero attached hydrogens (tertiary/aromatic N) is 5. The van der Waals surface area contributed by atoms with Crippen LogP contribution in [0.25, 0.3) is 22.2 Å².